The predicted molar refractivity (Wildman–Crippen MR) is 112 cm³/mol. The highest BCUT2D eigenvalue weighted by molar-refractivity contribution is 5.51. The molecule has 3 heterocycles. The standard InChI is InChI=1S/C23H27F4N3O2/c1-21(15-29(16-21)11-8-24)22(31,17-4-6-20(7-5-17)32-23(25,26)27)18-12-19(14-28-13-18)30-9-2-3-10-30/h4-7,12-14,31H,2-3,8-11,15-16H2,1H3/t22-/m0/s1. The molecule has 0 saturated carbocycles. The Balaban J connectivity index is 1.72. The summed E-state index contributed by atoms with van der Waals surface area (Å²) >= 11 is 0. The second-order valence-corrected chi connectivity index (χ2v) is 8.87. The molecule has 1 aromatic carbocycles. The number of hydrogen-bond acceptors (Lipinski definition) is 5. The maximum Gasteiger partial charge on any atom is 0.573 e. The molecule has 2 aliphatic rings. The number of halogens is 4. The predicted octanol–water partition coefficient (Wildman–Crippen LogP) is 4.11. The minimum atomic E-state index is -4.79. The van der Waals surface area contributed by atoms with Crippen LogP contribution in [0.15, 0.2) is 42.7 Å². The molecule has 0 radical (unpaired) electrons. The lowest BCUT2D eigenvalue weighted by Crippen LogP contribution is -2.65. The number of alkyl halides is 4. The van der Waals surface area contributed by atoms with Crippen molar-refractivity contribution in [3.63, 3.8) is 0 Å². The monoisotopic (exact) mass is 453 g/mol. The third-order valence-corrected chi connectivity index (χ3v) is 6.54. The van der Waals surface area contributed by atoms with Gasteiger partial charge in [0.1, 0.15) is 18.0 Å². The van der Waals surface area contributed by atoms with Crippen molar-refractivity contribution in [1.82, 2.24) is 9.88 Å². The van der Waals surface area contributed by atoms with E-state index in [1.54, 1.807) is 12.4 Å². The third kappa shape index (κ3) is 4.28. The van der Waals surface area contributed by atoms with Crippen LogP contribution < -0.4 is 9.64 Å². The van der Waals surface area contributed by atoms with Gasteiger partial charge in [-0.3, -0.25) is 9.88 Å². The van der Waals surface area contributed by atoms with E-state index in [0.717, 1.165) is 31.6 Å². The van der Waals surface area contributed by atoms with E-state index in [9.17, 15) is 22.7 Å². The van der Waals surface area contributed by atoms with Gasteiger partial charge in [0.15, 0.2) is 0 Å². The summed E-state index contributed by atoms with van der Waals surface area (Å²) in [7, 11) is 0. The van der Waals surface area contributed by atoms with E-state index in [4.69, 9.17) is 0 Å². The highest BCUT2D eigenvalue weighted by Crippen LogP contribution is 2.51. The molecule has 0 amide bonds. The topological polar surface area (TPSA) is 48.8 Å². The normalized spacial score (nSPS) is 20.6. The van der Waals surface area contributed by atoms with Crippen LogP contribution in [0.4, 0.5) is 23.2 Å². The van der Waals surface area contributed by atoms with Crippen molar-refractivity contribution in [2.75, 3.05) is 44.3 Å². The molecule has 0 spiro atoms. The number of likely N-dealkylation sites (tertiary alicyclic amines) is 1. The first-order valence-electron chi connectivity index (χ1n) is 10.7. The zero-order chi connectivity index (χ0) is 23.0. The fourth-order valence-corrected chi connectivity index (χ4v) is 4.98. The Bertz CT molecular complexity index is 926. The summed E-state index contributed by atoms with van der Waals surface area (Å²) in [6, 6.07) is 7.21. The molecule has 1 aromatic heterocycles. The van der Waals surface area contributed by atoms with Gasteiger partial charge in [-0.2, -0.15) is 0 Å². The van der Waals surface area contributed by atoms with Gasteiger partial charge in [-0.25, -0.2) is 4.39 Å². The minimum Gasteiger partial charge on any atom is -0.406 e. The first-order chi connectivity index (χ1) is 15.1. The van der Waals surface area contributed by atoms with Crippen LogP contribution in [0.2, 0.25) is 0 Å². The number of hydrogen-bond donors (Lipinski definition) is 1. The lowest BCUT2D eigenvalue weighted by atomic mass is 9.62. The maximum atomic E-state index is 12.8. The van der Waals surface area contributed by atoms with E-state index in [1.807, 2.05) is 17.9 Å². The van der Waals surface area contributed by atoms with Crippen LogP contribution in [0.5, 0.6) is 5.75 Å². The van der Waals surface area contributed by atoms with E-state index >= 15 is 0 Å². The maximum absolute atomic E-state index is 12.8. The molecule has 0 unspecified atom stereocenters. The van der Waals surface area contributed by atoms with Crippen LogP contribution in [0.25, 0.3) is 0 Å². The molecule has 32 heavy (non-hydrogen) atoms. The SMILES string of the molecule is CC1([C@](O)(c2ccc(OC(F)(F)F)cc2)c2cncc(N3CCCC3)c2)CN(CCF)C1. The molecule has 2 saturated heterocycles. The molecule has 0 bridgehead atoms. The Morgan fingerprint density at radius 3 is 2.31 bits per heavy atom. The summed E-state index contributed by atoms with van der Waals surface area (Å²) in [5.41, 5.74) is -0.304. The van der Waals surface area contributed by atoms with Gasteiger partial charge >= 0.3 is 6.36 Å². The molecular weight excluding hydrogens is 426 g/mol. The lowest BCUT2D eigenvalue weighted by Gasteiger charge is -2.56. The van der Waals surface area contributed by atoms with Crippen LogP contribution in [0.3, 0.4) is 0 Å². The molecule has 174 valence electrons. The van der Waals surface area contributed by atoms with Gasteiger partial charge in [-0.05, 0) is 36.6 Å². The smallest absolute Gasteiger partial charge is 0.406 e. The largest absolute Gasteiger partial charge is 0.573 e. The Hall–Kier alpha value is -2.39. The third-order valence-electron chi connectivity index (χ3n) is 6.54. The van der Waals surface area contributed by atoms with Crippen LogP contribution in [-0.4, -0.2) is 60.8 Å². The highest BCUT2D eigenvalue weighted by Gasteiger charge is 2.56. The van der Waals surface area contributed by atoms with E-state index in [2.05, 4.69) is 14.6 Å². The second kappa shape index (κ2) is 8.51. The van der Waals surface area contributed by atoms with Crippen molar-refractivity contribution in [2.24, 2.45) is 5.41 Å². The van der Waals surface area contributed by atoms with Crippen LogP contribution in [0.1, 0.15) is 30.9 Å². The molecule has 1 N–H and O–H groups in total. The van der Waals surface area contributed by atoms with Crippen LogP contribution in [-0.2, 0) is 5.60 Å². The molecule has 0 aliphatic carbocycles. The molecule has 2 aromatic rings. The molecule has 5 nitrogen and oxygen atoms in total. The van der Waals surface area contributed by atoms with Gasteiger partial charge in [0.2, 0.25) is 0 Å². The number of benzene rings is 1. The van der Waals surface area contributed by atoms with E-state index in [-0.39, 0.29) is 12.3 Å². The second-order valence-electron chi connectivity index (χ2n) is 8.87. The van der Waals surface area contributed by atoms with E-state index in [1.165, 1.54) is 24.3 Å². The Morgan fingerprint density at radius 2 is 1.72 bits per heavy atom. The number of anilines is 1. The molecular formula is C23H27F4N3O2. The number of aromatic nitrogens is 1. The zero-order valence-corrected chi connectivity index (χ0v) is 17.9. The van der Waals surface area contributed by atoms with Gasteiger partial charge in [-0.1, -0.05) is 19.1 Å². The quantitative estimate of drug-likeness (QED) is 0.640. The van der Waals surface area contributed by atoms with Crippen molar-refractivity contribution in [3.05, 3.63) is 53.9 Å². The number of aliphatic hydroxyl groups is 1. The molecule has 9 heteroatoms. The summed E-state index contributed by atoms with van der Waals surface area (Å²) in [6.07, 6.45) is 0.742. The van der Waals surface area contributed by atoms with Gasteiger partial charge in [0, 0.05) is 49.9 Å². The lowest BCUT2D eigenvalue weighted by molar-refractivity contribution is -0.274. The van der Waals surface area contributed by atoms with Crippen molar-refractivity contribution >= 4 is 5.69 Å². The fraction of sp³-hybridized carbons (Fsp3) is 0.522. The van der Waals surface area contributed by atoms with E-state index < -0.39 is 24.1 Å². The van der Waals surface area contributed by atoms with Crippen LogP contribution >= 0.6 is 0 Å². The number of ether oxygens (including phenoxy) is 1. The first kappa shape index (κ1) is 22.8. The molecule has 4 rings (SSSR count). The van der Waals surface area contributed by atoms with Gasteiger partial charge in [0.25, 0.3) is 0 Å². The number of rotatable bonds is 7. The average Bonchev–Trinajstić information content (AvgIpc) is 3.26. The Morgan fingerprint density at radius 1 is 1.06 bits per heavy atom. The van der Waals surface area contributed by atoms with Crippen molar-refractivity contribution in [1.29, 1.82) is 0 Å². The summed E-state index contributed by atoms with van der Waals surface area (Å²) in [5, 5.41) is 12.2. The summed E-state index contributed by atoms with van der Waals surface area (Å²) in [4.78, 5) is 8.48. The number of pyridine rings is 1. The van der Waals surface area contributed by atoms with Crippen molar-refractivity contribution in [3.8, 4) is 5.75 Å². The van der Waals surface area contributed by atoms with E-state index in [0.29, 0.717) is 24.2 Å². The molecule has 2 aliphatic heterocycles. The fourth-order valence-electron chi connectivity index (χ4n) is 4.98. The Labute approximate surface area is 184 Å². The van der Waals surface area contributed by atoms with Crippen molar-refractivity contribution in [2.45, 2.75) is 31.7 Å². The van der Waals surface area contributed by atoms with Crippen molar-refractivity contribution < 1.29 is 27.4 Å². The van der Waals surface area contributed by atoms with Crippen LogP contribution in [0, 0.1) is 5.41 Å². The highest BCUT2D eigenvalue weighted by atomic mass is 19.4. The zero-order valence-electron chi connectivity index (χ0n) is 17.9. The summed E-state index contributed by atoms with van der Waals surface area (Å²) in [6.45, 7) is 4.41. The van der Waals surface area contributed by atoms with Gasteiger partial charge in [-0.15, -0.1) is 13.2 Å². The number of nitrogens with zero attached hydrogens (tertiary/aromatic N) is 3. The molecule has 2 fully saturated rings. The summed E-state index contributed by atoms with van der Waals surface area (Å²) in [5.74, 6) is -0.356. The van der Waals surface area contributed by atoms with Gasteiger partial charge in [0.05, 0.1) is 11.9 Å². The first-order valence-corrected chi connectivity index (χ1v) is 10.7. The van der Waals surface area contributed by atoms with Gasteiger partial charge < -0.3 is 14.7 Å². The molecule has 1 atom stereocenters. The summed E-state index contributed by atoms with van der Waals surface area (Å²) < 4.78 is 54.6. The average molecular weight is 453 g/mol. The Kier molecular flexibility index (Phi) is 6.06. The minimum absolute atomic E-state index is 0.274.